The first kappa shape index (κ1) is 14.0. The van der Waals surface area contributed by atoms with Crippen molar-refractivity contribution in [1.82, 2.24) is 10.2 Å². The van der Waals surface area contributed by atoms with Gasteiger partial charge in [0.25, 0.3) is 0 Å². The number of hydrogen-bond acceptors (Lipinski definition) is 2. The average Bonchev–Trinajstić information content (AvgIpc) is 3.06. The molecular weight excluding hydrogens is 196 g/mol. The normalized spacial score (nSPS) is 17.1. The summed E-state index contributed by atoms with van der Waals surface area (Å²) in [5.74, 6) is 0. The first-order valence-corrected chi connectivity index (χ1v) is 7.01. The Hall–Kier alpha value is -0.0800. The van der Waals surface area contributed by atoms with Crippen LogP contribution in [0.1, 0.15) is 59.3 Å². The summed E-state index contributed by atoms with van der Waals surface area (Å²) in [4.78, 5) is 2.50. The van der Waals surface area contributed by atoms with Crippen LogP contribution in [0, 0.1) is 0 Å². The van der Waals surface area contributed by atoms with Gasteiger partial charge in [-0.05, 0) is 66.1 Å². The molecule has 0 aromatic heterocycles. The quantitative estimate of drug-likeness (QED) is 0.608. The molecule has 1 fully saturated rings. The number of nitrogens with one attached hydrogen (secondary N) is 1. The molecule has 0 saturated heterocycles. The molecule has 1 saturated carbocycles. The van der Waals surface area contributed by atoms with Crippen molar-refractivity contribution in [3.05, 3.63) is 0 Å². The monoisotopic (exact) mass is 226 g/mol. The van der Waals surface area contributed by atoms with Crippen molar-refractivity contribution >= 4 is 0 Å². The van der Waals surface area contributed by atoms with Gasteiger partial charge in [-0.15, -0.1) is 0 Å². The van der Waals surface area contributed by atoms with Crippen LogP contribution in [0.4, 0.5) is 0 Å². The highest BCUT2D eigenvalue weighted by atomic mass is 15.2. The summed E-state index contributed by atoms with van der Waals surface area (Å²) < 4.78 is 0. The third kappa shape index (κ3) is 5.31. The fourth-order valence-electron chi connectivity index (χ4n) is 1.82. The van der Waals surface area contributed by atoms with Crippen LogP contribution in [0.5, 0.6) is 0 Å². The molecule has 0 aromatic carbocycles. The molecule has 2 nitrogen and oxygen atoms in total. The third-order valence-electron chi connectivity index (χ3n) is 4.08. The van der Waals surface area contributed by atoms with E-state index in [4.69, 9.17) is 0 Å². The number of hydrogen-bond donors (Lipinski definition) is 1. The predicted octanol–water partition coefficient (Wildman–Crippen LogP) is 3.03. The van der Waals surface area contributed by atoms with Crippen molar-refractivity contribution in [3.8, 4) is 0 Å². The maximum absolute atomic E-state index is 3.57. The molecule has 1 aliphatic carbocycles. The topological polar surface area (TPSA) is 15.3 Å². The van der Waals surface area contributed by atoms with E-state index < -0.39 is 0 Å². The SMILES string of the molecule is CCC(C)(C)N(C)CCCCCNC1CC1. The molecule has 2 heteroatoms. The fraction of sp³-hybridized carbons (Fsp3) is 1.00. The largest absolute Gasteiger partial charge is 0.314 e. The minimum atomic E-state index is 0.367. The minimum absolute atomic E-state index is 0.367. The van der Waals surface area contributed by atoms with Gasteiger partial charge in [-0.25, -0.2) is 0 Å². The fourth-order valence-corrected chi connectivity index (χ4v) is 1.82. The van der Waals surface area contributed by atoms with Crippen molar-refractivity contribution in [1.29, 1.82) is 0 Å². The number of nitrogens with zero attached hydrogens (tertiary/aromatic N) is 1. The Morgan fingerprint density at radius 1 is 1.19 bits per heavy atom. The van der Waals surface area contributed by atoms with Gasteiger partial charge in [0.1, 0.15) is 0 Å². The van der Waals surface area contributed by atoms with E-state index in [-0.39, 0.29) is 0 Å². The molecule has 0 atom stereocenters. The van der Waals surface area contributed by atoms with Gasteiger partial charge in [-0.3, -0.25) is 0 Å². The molecule has 1 aliphatic rings. The van der Waals surface area contributed by atoms with E-state index in [0.717, 1.165) is 6.04 Å². The molecule has 0 bridgehead atoms. The van der Waals surface area contributed by atoms with Crippen LogP contribution in [0.3, 0.4) is 0 Å². The summed E-state index contributed by atoms with van der Waals surface area (Å²) in [6.45, 7) is 9.41. The summed E-state index contributed by atoms with van der Waals surface area (Å²) in [5.41, 5.74) is 0.367. The van der Waals surface area contributed by atoms with Gasteiger partial charge < -0.3 is 10.2 Å². The van der Waals surface area contributed by atoms with Crippen molar-refractivity contribution in [2.75, 3.05) is 20.1 Å². The van der Waals surface area contributed by atoms with E-state index >= 15 is 0 Å². The Kier molecular flexibility index (Phi) is 5.77. The van der Waals surface area contributed by atoms with E-state index in [2.05, 4.69) is 38.0 Å². The Morgan fingerprint density at radius 3 is 2.44 bits per heavy atom. The Balaban J connectivity index is 1.92. The smallest absolute Gasteiger partial charge is 0.0147 e. The Labute approximate surface area is 102 Å². The number of unbranched alkanes of at least 4 members (excludes halogenated alkanes) is 2. The first-order chi connectivity index (χ1) is 7.56. The second-order valence-electron chi connectivity index (χ2n) is 5.88. The van der Waals surface area contributed by atoms with Crippen LogP contribution < -0.4 is 5.32 Å². The standard InChI is InChI=1S/C14H30N2/c1-5-14(2,3)16(4)12-8-6-7-11-15-13-9-10-13/h13,15H,5-12H2,1-4H3. The summed E-state index contributed by atoms with van der Waals surface area (Å²) in [5, 5.41) is 3.57. The molecule has 16 heavy (non-hydrogen) atoms. The van der Waals surface area contributed by atoms with E-state index in [0.29, 0.717) is 5.54 Å². The summed E-state index contributed by atoms with van der Waals surface area (Å²) in [7, 11) is 2.26. The predicted molar refractivity (Wildman–Crippen MR) is 71.9 cm³/mol. The highest BCUT2D eigenvalue weighted by Crippen LogP contribution is 2.19. The van der Waals surface area contributed by atoms with Crippen LogP contribution in [0.25, 0.3) is 0 Å². The van der Waals surface area contributed by atoms with Crippen LogP contribution in [0.15, 0.2) is 0 Å². The van der Waals surface area contributed by atoms with E-state index in [9.17, 15) is 0 Å². The molecule has 0 spiro atoms. The molecule has 1 rings (SSSR count). The molecule has 0 aromatic rings. The third-order valence-corrected chi connectivity index (χ3v) is 4.08. The molecule has 0 radical (unpaired) electrons. The minimum Gasteiger partial charge on any atom is -0.314 e. The van der Waals surface area contributed by atoms with Crippen LogP contribution in [-0.2, 0) is 0 Å². The van der Waals surface area contributed by atoms with Crippen molar-refractivity contribution in [3.63, 3.8) is 0 Å². The zero-order chi connectivity index (χ0) is 12.0. The van der Waals surface area contributed by atoms with Gasteiger partial charge in [-0.2, -0.15) is 0 Å². The van der Waals surface area contributed by atoms with Crippen LogP contribution >= 0.6 is 0 Å². The summed E-state index contributed by atoms with van der Waals surface area (Å²) >= 11 is 0. The summed E-state index contributed by atoms with van der Waals surface area (Å²) in [6, 6.07) is 0.877. The molecular formula is C14H30N2. The van der Waals surface area contributed by atoms with Gasteiger partial charge >= 0.3 is 0 Å². The lowest BCUT2D eigenvalue weighted by atomic mass is 9.99. The first-order valence-electron chi connectivity index (χ1n) is 7.01. The van der Waals surface area contributed by atoms with Gasteiger partial charge in [0.05, 0.1) is 0 Å². The van der Waals surface area contributed by atoms with Crippen LogP contribution in [0.2, 0.25) is 0 Å². The van der Waals surface area contributed by atoms with Crippen molar-refractivity contribution < 1.29 is 0 Å². The second-order valence-corrected chi connectivity index (χ2v) is 5.88. The number of rotatable bonds is 9. The molecule has 0 unspecified atom stereocenters. The highest BCUT2D eigenvalue weighted by molar-refractivity contribution is 4.80. The molecule has 96 valence electrons. The lowest BCUT2D eigenvalue weighted by Crippen LogP contribution is -2.40. The van der Waals surface area contributed by atoms with Gasteiger partial charge in [0.15, 0.2) is 0 Å². The van der Waals surface area contributed by atoms with Crippen molar-refractivity contribution in [2.45, 2.75) is 70.9 Å². The lowest BCUT2D eigenvalue weighted by Gasteiger charge is -2.34. The second kappa shape index (κ2) is 6.61. The van der Waals surface area contributed by atoms with Gasteiger partial charge in [0, 0.05) is 11.6 Å². The molecule has 1 N–H and O–H groups in total. The zero-order valence-electron chi connectivity index (χ0n) is 11.7. The maximum atomic E-state index is 3.57. The molecule has 0 heterocycles. The Bertz CT molecular complexity index is 185. The van der Waals surface area contributed by atoms with Crippen LogP contribution in [-0.4, -0.2) is 36.6 Å². The average molecular weight is 226 g/mol. The summed E-state index contributed by atoms with van der Waals surface area (Å²) in [6.07, 6.45) is 8.10. The Morgan fingerprint density at radius 2 is 1.88 bits per heavy atom. The van der Waals surface area contributed by atoms with Gasteiger partial charge in [-0.1, -0.05) is 13.3 Å². The van der Waals surface area contributed by atoms with E-state index in [1.807, 2.05) is 0 Å². The maximum Gasteiger partial charge on any atom is 0.0147 e. The lowest BCUT2D eigenvalue weighted by molar-refractivity contribution is 0.148. The van der Waals surface area contributed by atoms with Crippen molar-refractivity contribution in [2.24, 2.45) is 0 Å². The highest BCUT2D eigenvalue weighted by Gasteiger charge is 2.20. The molecule has 0 amide bonds. The zero-order valence-corrected chi connectivity index (χ0v) is 11.7. The van der Waals surface area contributed by atoms with Gasteiger partial charge in [0.2, 0.25) is 0 Å². The molecule has 0 aliphatic heterocycles. The van der Waals surface area contributed by atoms with E-state index in [1.54, 1.807) is 0 Å². The van der Waals surface area contributed by atoms with E-state index in [1.165, 1.54) is 51.6 Å².